The Morgan fingerprint density at radius 3 is 2.62 bits per heavy atom. The number of hydrogen-bond acceptors (Lipinski definition) is 5. The van der Waals surface area contributed by atoms with Gasteiger partial charge >= 0.3 is 5.92 Å². The molecule has 1 heterocycles. The van der Waals surface area contributed by atoms with Crippen LogP contribution in [0.1, 0.15) is 32.7 Å². The number of halogens is 2. The van der Waals surface area contributed by atoms with Crippen molar-refractivity contribution in [1.29, 1.82) is 0 Å². The van der Waals surface area contributed by atoms with Crippen molar-refractivity contribution < 1.29 is 13.6 Å². The fourth-order valence-electron chi connectivity index (χ4n) is 3.38. The lowest BCUT2D eigenvalue weighted by Crippen LogP contribution is -2.43. The third-order valence-electron chi connectivity index (χ3n) is 4.79. The molecule has 0 aliphatic carbocycles. The lowest BCUT2D eigenvalue weighted by Gasteiger charge is -2.18. The summed E-state index contributed by atoms with van der Waals surface area (Å²) in [6, 6.07) is 9.45. The van der Waals surface area contributed by atoms with Crippen LogP contribution in [0.3, 0.4) is 0 Å². The molecule has 3 aromatic rings. The fraction of sp³-hybridized carbons (Fsp3) is 0.211. The van der Waals surface area contributed by atoms with Gasteiger partial charge < -0.3 is 17.0 Å². The summed E-state index contributed by atoms with van der Waals surface area (Å²) in [6.45, 7) is 3.74. The van der Waals surface area contributed by atoms with Crippen LogP contribution in [0.15, 0.2) is 41.5 Å². The highest BCUT2D eigenvalue weighted by molar-refractivity contribution is 5.96. The van der Waals surface area contributed by atoms with Crippen LogP contribution in [0.4, 0.5) is 8.78 Å². The standard InChI is InChI=1S/C19H21F2N7O/c1-10-4-3-5-12(16(10)17(22)29)9-28-15-8-13(6-7-14(15)11(2)27-28)19(20,21)18(25-23)26-24/h3-8H,9,23-24H2,1-2H3,(H2,22,29)(H,25,26). The number of amides is 1. The summed E-state index contributed by atoms with van der Waals surface area (Å²) in [5.74, 6) is 5.18. The van der Waals surface area contributed by atoms with E-state index in [1.807, 2.05) is 5.43 Å². The number of nitrogens with one attached hydrogen (secondary N) is 1. The number of aryl methyl sites for hydroxylation is 2. The minimum Gasteiger partial charge on any atom is -0.366 e. The molecule has 0 fully saturated rings. The number of amidine groups is 1. The van der Waals surface area contributed by atoms with Crippen molar-refractivity contribution in [1.82, 2.24) is 15.2 Å². The van der Waals surface area contributed by atoms with Gasteiger partial charge in [-0.25, -0.2) is 5.84 Å². The molecule has 0 atom stereocenters. The summed E-state index contributed by atoms with van der Waals surface area (Å²) >= 11 is 0. The Balaban J connectivity index is 2.14. The number of rotatable bonds is 5. The van der Waals surface area contributed by atoms with Gasteiger partial charge in [0, 0.05) is 16.5 Å². The molecule has 0 unspecified atom stereocenters. The monoisotopic (exact) mass is 401 g/mol. The highest BCUT2D eigenvalue weighted by Crippen LogP contribution is 2.32. The Morgan fingerprint density at radius 1 is 1.28 bits per heavy atom. The largest absolute Gasteiger partial charge is 0.366 e. The molecule has 3 rings (SSSR count). The highest BCUT2D eigenvalue weighted by atomic mass is 19.3. The minimum atomic E-state index is -3.53. The summed E-state index contributed by atoms with van der Waals surface area (Å²) in [5, 5.41) is 8.17. The first-order chi connectivity index (χ1) is 13.7. The number of hydrazine groups is 1. The Kier molecular flexibility index (Phi) is 5.21. The van der Waals surface area contributed by atoms with E-state index >= 15 is 0 Å². The van der Waals surface area contributed by atoms with Crippen molar-refractivity contribution in [3.8, 4) is 0 Å². The number of nitrogens with zero attached hydrogens (tertiary/aromatic N) is 3. The Labute approximate surface area is 165 Å². The number of nitrogens with two attached hydrogens (primary N) is 3. The van der Waals surface area contributed by atoms with E-state index in [9.17, 15) is 13.6 Å². The van der Waals surface area contributed by atoms with E-state index in [1.165, 1.54) is 12.1 Å². The zero-order valence-corrected chi connectivity index (χ0v) is 15.9. The van der Waals surface area contributed by atoms with Crippen molar-refractivity contribution >= 4 is 22.6 Å². The van der Waals surface area contributed by atoms with Gasteiger partial charge in [0.05, 0.1) is 17.8 Å². The van der Waals surface area contributed by atoms with Crippen molar-refractivity contribution in [2.75, 3.05) is 0 Å². The van der Waals surface area contributed by atoms with E-state index in [2.05, 4.69) is 10.2 Å². The Hall–Kier alpha value is -3.53. The molecule has 152 valence electrons. The SMILES string of the molecule is Cc1cccc(Cn2nc(C)c3ccc(C(F)(F)/C(=N/N)NN)cc32)c1C(N)=O. The van der Waals surface area contributed by atoms with E-state index < -0.39 is 17.7 Å². The number of benzene rings is 2. The smallest absolute Gasteiger partial charge is 0.332 e. The molecule has 7 N–H and O–H groups in total. The molecule has 0 spiro atoms. The number of aromatic nitrogens is 2. The van der Waals surface area contributed by atoms with Crippen LogP contribution in [0.5, 0.6) is 0 Å². The Morgan fingerprint density at radius 2 is 2.00 bits per heavy atom. The third kappa shape index (κ3) is 3.49. The number of alkyl halides is 2. The maximum absolute atomic E-state index is 14.7. The summed E-state index contributed by atoms with van der Waals surface area (Å²) in [5.41, 5.74) is 9.88. The molecule has 1 aromatic heterocycles. The van der Waals surface area contributed by atoms with Gasteiger partial charge in [-0.2, -0.15) is 19.0 Å². The highest BCUT2D eigenvalue weighted by Gasteiger charge is 2.39. The van der Waals surface area contributed by atoms with E-state index in [4.69, 9.17) is 17.4 Å². The maximum Gasteiger partial charge on any atom is 0.332 e. The predicted octanol–water partition coefficient (Wildman–Crippen LogP) is 1.63. The molecule has 0 aliphatic heterocycles. The number of hydrazone groups is 1. The zero-order chi connectivity index (χ0) is 21.3. The first-order valence-corrected chi connectivity index (χ1v) is 8.69. The van der Waals surface area contributed by atoms with Gasteiger partial charge in [-0.3, -0.25) is 9.48 Å². The first-order valence-electron chi connectivity index (χ1n) is 8.69. The lowest BCUT2D eigenvalue weighted by atomic mass is 10.0. The second kappa shape index (κ2) is 7.47. The van der Waals surface area contributed by atoms with Crippen LogP contribution in [0, 0.1) is 13.8 Å². The molecule has 0 saturated carbocycles. The van der Waals surface area contributed by atoms with Crippen LogP contribution < -0.4 is 22.8 Å². The second-order valence-electron chi connectivity index (χ2n) is 6.64. The maximum atomic E-state index is 14.7. The van der Waals surface area contributed by atoms with E-state index in [1.54, 1.807) is 42.8 Å². The average Bonchev–Trinajstić information content (AvgIpc) is 2.97. The fourth-order valence-corrected chi connectivity index (χ4v) is 3.38. The van der Waals surface area contributed by atoms with Crippen LogP contribution in [0.25, 0.3) is 10.9 Å². The van der Waals surface area contributed by atoms with E-state index in [0.717, 1.165) is 5.56 Å². The lowest BCUT2D eigenvalue weighted by molar-refractivity contribution is 0.0714. The Bertz CT molecular complexity index is 1120. The average molecular weight is 401 g/mol. The van der Waals surface area contributed by atoms with Crippen LogP contribution in [0.2, 0.25) is 0 Å². The number of primary amides is 1. The molecular weight excluding hydrogens is 380 g/mol. The van der Waals surface area contributed by atoms with Gasteiger partial charge in [-0.1, -0.05) is 30.3 Å². The van der Waals surface area contributed by atoms with Gasteiger partial charge in [0.1, 0.15) is 0 Å². The number of carbonyl (C=O) groups is 1. The molecular formula is C19H21F2N7O. The third-order valence-corrected chi connectivity index (χ3v) is 4.79. The van der Waals surface area contributed by atoms with Gasteiger partial charge in [-0.05, 0) is 31.0 Å². The molecule has 10 heteroatoms. The molecule has 1 amide bonds. The van der Waals surface area contributed by atoms with Crippen molar-refractivity contribution in [2.45, 2.75) is 26.3 Å². The molecule has 0 saturated heterocycles. The summed E-state index contributed by atoms with van der Waals surface area (Å²) < 4.78 is 30.9. The van der Waals surface area contributed by atoms with Gasteiger partial charge in [0.15, 0.2) is 0 Å². The van der Waals surface area contributed by atoms with Crippen molar-refractivity contribution in [3.63, 3.8) is 0 Å². The van der Waals surface area contributed by atoms with Crippen LogP contribution >= 0.6 is 0 Å². The van der Waals surface area contributed by atoms with Gasteiger partial charge in [-0.15, -0.1) is 0 Å². The second-order valence-corrected chi connectivity index (χ2v) is 6.64. The van der Waals surface area contributed by atoms with Crippen molar-refractivity contribution in [3.05, 3.63) is 64.3 Å². The zero-order valence-electron chi connectivity index (χ0n) is 15.9. The van der Waals surface area contributed by atoms with Gasteiger partial charge in [0.2, 0.25) is 11.7 Å². The van der Waals surface area contributed by atoms with Crippen LogP contribution in [-0.2, 0) is 12.5 Å². The summed E-state index contributed by atoms with van der Waals surface area (Å²) in [4.78, 5) is 11.9. The first kappa shape index (κ1) is 20.2. The van der Waals surface area contributed by atoms with Crippen molar-refractivity contribution in [2.24, 2.45) is 22.5 Å². The molecule has 0 bridgehead atoms. The molecule has 2 aromatic carbocycles. The minimum absolute atomic E-state index is 0.187. The molecule has 29 heavy (non-hydrogen) atoms. The van der Waals surface area contributed by atoms with Gasteiger partial charge in [0.25, 0.3) is 0 Å². The number of fused-ring (bicyclic) bond motifs is 1. The summed E-state index contributed by atoms with van der Waals surface area (Å²) in [6.07, 6.45) is 0. The topological polar surface area (TPSA) is 137 Å². The normalized spacial score (nSPS) is 12.4. The van der Waals surface area contributed by atoms with Crippen LogP contribution in [-0.4, -0.2) is 21.5 Å². The number of carbonyl (C=O) groups excluding carboxylic acids is 1. The predicted molar refractivity (Wildman–Crippen MR) is 106 cm³/mol. The van der Waals surface area contributed by atoms with E-state index in [-0.39, 0.29) is 12.1 Å². The molecule has 0 radical (unpaired) electrons. The summed E-state index contributed by atoms with van der Waals surface area (Å²) in [7, 11) is 0. The number of hydrogen-bond donors (Lipinski definition) is 4. The molecule has 0 aliphatic rings. The molecule has 8 nitrogen and oxygen atoms in total. The quantitative estimate of drug-likeness (QED) is 0.223. The van der Waals surface area contributed by atoms with E-state index in [0.29, 0.717) is 27.7 Å².